The molecule has 2 nitrogen and oxygen atoms in total. The molecule has 3 rings (SSSR count). The summed E-state index contributed by atoms with van der Waals surface area (Å²) in [5, 5.41) is 10.5. The number of benzene rings is 1. The molecular formula is C17H16BrN2S+. The van der Waals surface area contributed by atoms with E-state index in [1.54, 1.807) is 11.8 Å². The topological polar surface area (TPSA) is 27.7 Å². The van der Waals surface area contributed by atoms with E-state index in [1.807, 2.05) is 13.0 Å². The molecule has 106 valence electrons. The molecule has 2 aromatic rings. The SMILES string of the molecule is Cc1cc(C)[n+]2c(c1C#N)SCC2C(Br)c1ccccc1. The van der Waals surface area contributed by atoms with Crippen LogP contribution in [0.3, 0.4) is 0 Å². The maximum atomic E-state index is 9.43. The molecule has 1 aliphatic rings. The van der Waals surface area contributed by atoms with E-state index in [4.69, 9.17) is 0 Å². The van der Waals surface area contributed by atoms with Crippen LogP contribution in [0.5, 0.6) is 0 Å². The van der Waals surface area contributed by atoms with Gasteiger partial charge in [0.05, 0.1) is 5.75 Å². The highest BCUT2D eigenvalue weighted by atomic mass is 79.9. The number of hydrogen-bond donors (Lipinski definition) is 0. The first-order valence-corrected chi connectivity index (χ1v) is 8.81. The van der Waals surface area contributed by atoms with Gasteiger partial charge >= 0.3 is 0 Å². The van der Waals surface area contributed by atoms with E-state index in [-0.39, 0.29) is 4.83 Å². The number of rotatable bonds is 2. The third-order valence-corrected chi connectivity index (χ3v) is 6.24. The predicted molar refractivity (Wildman–Crippen MR) is 88.7 cm³/mol. The summed E-state index contributed by atoms with van der Waals surface area (Å²) in [6.45, 7) is 4.14. The summed E-state index contributed by atoms with van der Waals surface area (Å²) < 4.78 is 2.32. The minimum Gasteiger partial charge on any atom is -0.192 e. The van der Waals surface area contributed by atoms with Crippen LogP contribution in [0, 0.1) is 25.2 Å². The Morgan fingerprint density at radius 1 is 1.33 bits per heavy atom. The number of nitriles is 1. The number of thioether (sulfide) groups is 1. The highest BCUT2D eigenvalue weighted by Crippen LogP contribution is 2.41. The molecule has 0 fully saturated rings. The van der Waals surface area contributed by atoms with Crippen molar-refractivity contribution in [2.45, 2.75) is 29.7 Å². The van der Waals surface area contributed by atoms with Crippen molar-refractivity contribution in [2.24, 2.45) is 0 Å². The Bertz CT molecular complexity index is 722. The molecule has 2 unspecified atom stereocenters. The fourth-order valence-corrected chi connectivity index (χ4v) is 5.32. The van der Waals surface area contributed by atoms with Gasteiger partial charge in [-0.25, -0.2) is 0 Å². The van der Waals surface area contributed by atoms with Crippen LogP contribution in [0.15, 0.2) is 41.4 Å². The highest BCUT2D eigenvalue weighted by Gasteiger charge is 2.41. The van der Waals surface area contributed by atoms with Crippen molar-refractivity contribution in [2.75, 3.05) is 5.75 Å². The van der Waals surface area contributed by atoms with Crippen LogP contribution in [0.25, 0.3) is 0 Å². The van der Waals surface area contributed by atoms with Gasteiger partial charge in [0.2, 0.25) is 0 Å². The van der Waals surface area contributed by atoms with Crippen LogP contribution in [0.1, 0.15) is 33.3 Å². The summed E-state index contributed by atoms with van der Waals surface area (Å²) in [4.78, 5) is 0.255. The minimum absolute atomic E-state index is 0.255. The Kier molecular flexibility index (Phi) is 4.05. The van der Waals surface area contributed by atoms with Gasteiger partial charge in [0.1, 0.15) is 16.5 Å². The van der Waals surface area contributed by atoms with Crippen molar-refractivity contribution < 1.29 is 4.57 Å². The number of fused-ring (bicyclic) bond motifs is 1. The molecular weight excluding hydrogens is 344 g/mol. The van der Waals surface area contributed by atoms with Crippen molar-refractivity contribution >= 4 is 27.7 Å². The molecule has 0 amide bonds. The lowest BCUT2D eigenvalue weighted by molar-refractivity contribution is -0.752. The number of aromatic nitrogens is 1. The number of pyridine rings is 1. The Morgan fingerprint density at radius 2 is 2.05 bits per heavy atom. The van der Waals surface area contributed by atoms with Crippen LogP contribution >= 0.6 is 27.7 Å². The number of halogens is 1. The lowest BCUT2D eigenvalue weighted by Crippen LogP contribution is -2.44. The predicted octanol–water partition coefficient (Wildman–Crippen LogP) is 4.25. The average Bonchev–Trinajstić information content (AvgIpc) is 2.93. The van der Waals surface area contributed by atoms with Gasteiger partial charge in [0.15, 0.2) is 11.7 Å². The largest absolute Gasteiger partial charge is 0.259 e. The van der Waals surface area contributed by atoms with Crippen LogP contribution in [-0.2, 0) is 0 Å². The van der Waals surface area contributed by atoms with E-state index in [1.165, 1.54) is 11.3 Å². The summed E-state index contributed by atoms with van der Waals surface area (Å²) in [6.07, 6.45) is 0. The maximum absolute atomic E-state index is 9.43. The van der Waals surface area contributed by atoms with Gasteiger partial charge in [0, 0.05) is 13.0 Å². The molecule has 21 heavy (non-hydrogen) atoms. The number of nitrogens with zero attached hydrogens (tertiary/aromatic N) is 2. The Labute approximate surface area is 137 Å². The molecule has 0 aliphatic carbocycles. The minimum atomic E-state index is 0.255. The van der Waals surface area contributed by atoms with Gasteiger partial charge < -0.3 is 0 Å². The van der Waals surface area contributed by atoms with Gasteiger partial charge in [-0.2, -0.15) is 9.83 Å². The third kappa shape index (κ3) is 2.49. The van der Waals surface area contributed by atoms with E-state index >= 15 is 0 Å². The van der Waals surface area contributed by atoms with Crippen LogP contribution in [0.4, 0.5) is 0 Å². The van der Waals surface area contributed by atoms with Crippen molar-refractivity contribution in [1.82, 2.24) is 0 Å². The molecule has 0 saturated heterocycles. The molecule has 0 bridgehead atoms. The summed E-state index contributed by atoms with van der Waals surface area (Å²) in [7, 11) is 0. The first-order valence-electron chi connectivity index (χ1n) is 6.91. The smallest absolute Gasteiger partial charge is 0.192 e. The Morgan fingerprint density at radius 3 is 2.71 bits per heavy atom. The lowest BCUT2D eigenvalue weighted by Gasteiger charge is -2.15. The number of aryl methyl sites for hydroxylation is 2. The van der Waals surface area contributed by atoms with Crippen molar-refractivity contribution in [3.63, 3.8) is 0 Å². The van der Waals surface area contributed by atoms with Crippen LogP contribution in [0.2, 0.25) is 0 Å². The van der Waals surface area contributed by atoms with Gasteiger partial charge in [0.25, 0.3) is 5.03 Å². The first-order chi connectivity index (χ1) is 10.1. The zero-order chi connectivity index (χ0) is 15.0. The number of alkyl halides is 1. The quantitative estimate of drug-likeness (QED) is 0.592. The molecule has 1 aromatic heterocycles. The van der Waals surface area contributed by atoms with Crippen molar-refractivity contribution in [3.8, 4) is 6.07 Å². The van der Waals surface area contributed by atoms with E-state index in [2.05, 4.69) is 63.8 Å². The van der Waals surface area contributed by atoms with E-state index < -0.39 is 0 Å². The summed E-state index contributed by atoms with van der Waals surface area (Å²) in [5.74, 6) is 0.990. The van der Waals surface area contributed by atoms with E-state index in [0.29, 0.717) is 6.04 Å². The van der Waals surface area contributed by atoms with Gasteiger partial charge in [-0.05, 0) is 29.8 Å². The molecule has 2 heterocycles. The fraction of sp³-hybridized carbons (Fsp3) is 0.294. The molecule has 2 atom stereocenters. The van der Waals surface area contributed by atoms with Gasteiger partial charge in [-0.15, -0.1) is 0 Å². The molecule has 1 aromatic carbocycles. The second kappa shape index (κ2) is 5.82. The van der Waals surface area contributed by atoms with E-state index in [9.17, 15) is 5.26 Å². The standard InChI is InChI=1S/C17H16BrN2S/c1-11-8-12(2)20-15(10-21-17(20)14(11)9-19)16(18)13-6-4-3-5-7-13/h3-8,15-16H,10H2,1-2H3/q+1. The molecule has 0 spiro atoms. The van der Waals surface area contributed by atoms with E-state index in [0.717, 1.165) is 21.9 Å². The van der Waals surface area contributed by atoms with Crippen LogP contribution < -0.4 is 4.57 Å². The van der Waals surface area contributed by atoms with Gasteiger partial charge in [-0.3, -0.25) is 0 Å². The fourth-order valence-electron chi connectivity index (χ4n) is 2.91. The molecule has 4 heteroatoms. The summed E-state index contributed by atoms with van der Waals surface area (Å²) >= 11 is 5.65. The summed E-state index contributed by atoms with van der Waals surface area (Å²) in [5.41, 5.74) is 4.39. The zero-order valence-electron chi connectivity index (χ0n) is 12.0. The number of hydrogen-bond acceptors (Lipinski definition) is 2. The lowest BCUT2D eigenvalue weighted by atomic mass is 10.0. The Hall–Kier alpha value is -1.31. The average molecular weight is 360 g/mol. The first kappa shape index (κ1) is 14.6. The third-order valence-electron chi connectivity index (χ3n) is 3.92. The van der Waals surface area contributed by atoms with Crippen molar-refractivity contribution in [1.29, 1.82) is 5.26 Å². The monoisotopic (exact) mass is 359 g/mol. The normalized spacial score (nSPS) is 18.1. The van der Waals surface area contributed by atoms with Crippen LogP contribution in [-0.4, -0.2) is 5.75 Å². The molecule has 0 radical (unpaired) electrons. The highest BCUT2D eigenvalue weighted by molar-refractivity contribution is 9.09. The Balaban J connectivity index is 2.07. The zero-order valence-corrected chi connectivity index (χ0v) is 14.4. The second-order valence-electron chi connectivity index (χ2n) is 5.32. The summed E-state index contributed by atoms with van der Waals surface area (Å²) in [6, 6.07) is 15.3. The van der Waals surface area contributed by atoms with Crippen molar-refractivity contribution in [3.05, 3.63) is 58.8 Å². The molecule has 0 saturated carbocycles. The molecule has 1 aliphatic heterocycles. The molecule has 0 N–H and O–H groups in total. The second-order valence-corrected chi connectivity index (χ2v) is 7.32. The van der Waals surface area contributed by atoms with Gasteiger partial charge in [-0.1, -0.05) is 46.3 Å². The maximum Gasteiger partial charge on any atom is 0.259 e.